The Labute approximate surface area is 214 Å². The van der Waals surface area contributed by atoms with Crippen LogP contribution in [0.25, 0.3) is 10.9 Å². The van der Waals surface area contributed by atoms with Crippen molar-refractivity contribution < 1.29 is 23.5 Å². The van der Waals surface area contributed by atoms with E-state index in [1.807, 2.05) is 0 Å². The number of carbonyl (C=O) groups excluding carboxylic acids is 2. The maximum Gasteiger partial charge on any atom is 0.233 e. The van der Waals surface area contributed by atoms with Crippen LogP contribution in [-0.2, 0) is 14.3 Å². The van der Waals surface area contributed by atoms with Crippen molar-refractivity contribution in [3.8, 4) is 5.75 Å². The average Bonchev–Trinajstić information content (AvgIpc) is 2.81. The average molecular weight is 508 g/mol. The van der Waals surface area contributed by atoms with Crippen LogP contribution in [0.5, 0.6) is 5.75 Å². The minimum Gasteiger partial charge on any atom is -0.491 e. The van der Waals surface area contributed by atoms with E-state index in [2.05, 4.69) is 25.9 Å². The summed E-state index contributed by atoms with van der Waals surface area (Å²) in [7, 11) is 1.56. The molecule has 2 fully saturated rings. The van der Waals surface area contributed by atoms with Crippen LogP contribution in [0, 0.1) is 11.2 Å². The normalized spacial score (nSPS) is 16.1. The third-order valence-electron chi connectivity index (χ3n) is 7.11. The summed E-state index contributed by atoms with van der Waals surface area (Å²) in [5.74, 6) is -0.474. The second-order valence-electron chi connectivity index (χ2n) is 9.82. The van der Waals surface area contributed by atoms with Crippen LogP contribution in [0.4, 0.5) is 21.6 Å². The molecule has 3 N–H and O–H groups in total. The number of benzene rings is 2. The molecule has 0 radical (unpaired) electrons. The molecule has 0 atom stereocenters. The Hall–Kier alpha value is -3.79. The third kappa shape index (κ3) is 5.80. The summed E-state index contributed by atoms with van der Waals surface area (Å²) in [4.78, 5) is 32.9. The fourth-order valence-electron chi connectivity index (χ4n) is 5.11. The molecule has 10 heteroatoms. The molecule has 2 amide bonds. The number of nitrogens with zero attached hydrogens (tertiary/aromatic N) is 2. The molecule has 0 aliphatic heterocycles. The minimum atomic E-state index is -0.514. The number of hydrogen-bond acceptors (Lipinski definition) is 7. The SMILES string of the molecule is COCCOc1cc(F)c2c(Nc3ccc(NC(=O)CC(=O)NC4CC5(CCC5)C4)cc3)ncnc2c1. The Morgan fingerprint density at radius 3 is 2.51 bits per heavy atom. The summed E-state index contributed by atoms with van der Waals surface area (Å²) in [6, 6.07) is 10.00. The number of methoxy groups -OCH3 is 1. The summed E-state index contributed by atoms with van der Waals surface area (Å²) >= 11 is 0. The fraction of sp³-hybridized carbons (Fsp3) is 0.407. The number of hydrogen-bond donors (Lipinski definition) is 3. The Balaban J connectivity index is 1.16. The molecule has 0 unspecified atom stereocenters. The van der Waals surface area contributed by atoms with E-state index in [-0.39, 0.29) is 29.7 Å². The first-order valence-electron chi connectivity index (χ1n) is 12.5. The number of ether oxygens (including phenoxy) is 2. The van der Waals surface area contributed by atoms with Gasteiger partial charge in [0.2, 0.25) is 11.8 Å². The summed E-state index contributed by atoms with van der Waals surface area (Å²) in [5, 5.41) is 9.03. The zero-order chi connectivity index (χ0) is 25.8. The van der Waals surface area contributed by atoms with E-state index in [0.717, 1.165) is 12.8 Å². The van der Waals surface area contributed by atoms with Gasteiger partial charge >= 0.3 is 0 Å². The van der Waals surface area contributed by atoms with E-state index in [1.54, 1.807) is 37.4 Å². The Kier molecular flexibility index (Phi) is 7.18. The maximum atomic E-state index is 14.9. The van der Waals surface area contributed by atoms with Crippen molar-refractivity contribution in [3.05, 3.63) is 48.5 Å². The van der Waals surface area contributed by atoms with Gasteiger partial charge in [0.25, 0.3) is 0 Å². The second kappa shape index (κ2) is 10.7. The largest absolute Gasteiger partial charge is 0.491 e. The third-order valence-corrected chi connectivity index (χ3v) is 7.11. The number of aromatic nitrogens is 2. The van der Waals surface area contributed by atoms with Gasteiger partial charge in [-0.1, -0.05) is 6.42 Å². The van der Waals surface area contributed by atoms with E-state index in [9.17, 15) is 14.0 Å². The van der Waals surface area contributed by atoms with E-state index in [0.29, 0.717) is 47.1 Å². The van der Waals surface area contributed by atoms with Crippen molar-refractivity contribution in [2.75, 3.05) is 31.0 Å². The van der Waals surface area contributed by atoms with Crippen molar-refractivity contribution in [3.63, 3.8) is 0 Å². The number of halogens is 1. The number of anilines is 3. The molecule has 2 aliphatic carbocycles. The van der Waals surface area contributed by atoms with Crippen LogP contribution in [0.15, 0.2) is 42.7 Å². The van der Waals surface area contributed by atoms with Crippen LogP contribution in [0.2, 0.25) is 0 Å². The number of amides is 2. The van der Waals surface area contributed by atoms with Gasteiger partial charge in [-0.25, -0.2) is 14.4 Å². The smallest absolute Gasteiger partial charge is 0.233 e. The molecule has 2 saturated carbocycles. The Morgan fingerprint density at radius 2 is 1.81 bits per heavy atom. The predicted molar refractivity (Wildman–Crippen MR) is 137 cm³/mol. The van der Waals surface area contributed by atoms with Gasteiger partial charge in [-0.15, -0.1) is 0 Å². The van der Waals surface area contributed by atoms with Gasteiger partial charge in [0, 0.05) is 36.7 Å². The van der Waals surface area contributed by atoms with Crippen molar-refractivity contribution >= 4 is 39.9 Å². The van der Waals surface area contributed by atoms with Crippen molar-refractivity contribution in [2.45, 2.75) is 44.6 Å². The highest BCUT2D eigenvalue weighted by Crippen LogP contribution is 2.55. The number of rotatable bonds is 10. The van der Waals surface area contributed by atoms with Gasteiger partial charge in [-0.3, -0.25) is 9.59 Å². The number of carbonyl (C=O) groups is 2. The molecule has 2 aromatic carbocycles. The molecule has 1 aromatic heterocycles. The molecule has 1 spiro atoms. The number of fused-ring (bicyclic) bond motifs is 1. The van der Waals surface area contributed by atoms with E-state index >= 15 is 0 Å². The van der Waals surface area contributed by atoms with Gasteiger partial charge in [-0.05, 0) is 55.4 Å². The first kappa shape index (κ1) is 24.9. The lowest BCUT2D eigenvalue weighted by molar-refractivity contribution is -0.129. The van der Waals surface area contributed by atoms with Gasteiger partial charge in [-0.2, -0.15) is 0 Å². The van der Waals surface area contributed by atoms with Gasteiger partial charge < -0.3 is 25.4 Å². The molecule has 0 saturated heterocycles. The second-order valence-corrected chi connectivity index (χ2v) is 9.82. The van der Waals surface area contributed by atoms with E-state index in [4.69, 9.17) is 9.47 Å². The Bertz CT molecular complexity index is 1290. The summed E-state index contributed by atoms with van der Waals surface area (Å²) in [6.45, 7) is 0.688. The first-order chi connectivity index (χ1) is 17.9. The highest BCUT2D eigenvalue weighted by Gasteiger charge is 2.48. The standard InChI is InChI=1S/C27H30FN5O4/c1-36-9-10-37-20-11-21(28)25-22(12-20)29-16-30-26(25)33-18-5-3-17(4-6-18)31-23(34)13-24(35)32-19-14-27(15-19)7-2-8-27/h3-6,11-12,16,19H,2,7-10,13-15H2,1H3,(H,31,34)(H,32,35)(H,29,30,33). The highest BCUT2D eigenvalue weighted by atomic mass is 19.1. The fourth-order valence-corrected chi connectivity index (χ4v) is 5.11. The van der Waals surface area contributed by atoms with Crippen LogP contribution >= 0.6 is 0 Å². The molecular weight excluding hydrogens is 477 g/mol. The van der Waals surface area contributed by atoms with Crippen molar-refractivity contribution in [1.82, 2.24) is 15.3 Å². The predicted octanol–water partition coefficient (Wildman–Crippen LogP) is 4.32. The molecule has 37 heavy (non-hydrogen) atoms. The lowest BCUT2D eigenvalue weighted by Crippen LogP contribution is -2.53. The summed E-state index contributed by atoms with van der Waals surface area (Å²) in [6.07, 6.45) is 7.00. The van der Waals surface area contributed by atoms with Crippen molar-refractivity contribution in [2.24, 2.45) is 5.41 Å². The van der Waals surface area contributed by atoms with Gasteiger partial charge in [0.1, 0.15) is 36.7 Å². The molecule has 2 aliphatic rings. The molecule has 9 nitrogen and oxygen atoms in total. The molecule has 194 valence electrons. The topological polar surface area (TPSA) is 114 Å². The van der Waals surface area contributed by atoms with E-state index in [1.165, 1.54) is 31.7 Å². The summed E-state index contributed by atoms with van der Waals surface area (Å²) in [5.41, 5.74) is 2.07. The maximum absolute atomic E-state index is 14.9. The van der Waals surface area contributed by atoms with Crippen LogP contribution in [-0.4, -0.2) is 48.1 Å². The zero-order valence-electron chi connectivity index (χ0n) is 20.7. The lowest BCUT2D eigenvalue weighted by Gasteiger charge is -2.54. The molecule has 3 aromatic rings. The first-order valence-corrected chi connectivity index (χ1v) is 12.5. The summed E-state index contributed by atoms with van der Waals surface area (Å²) < 4.78 is 25.3. The van der Waals surface area contributed by atoms with Crippen LogP contribution < -0.4 is 20.7 Å². The van der Waals surface area contributed by atoms with Gasteiger partial charge in [0.15, 0.2) is 0 Å². The van der Waals surface area contributed by atoms with Gasteiger partial charge in [0.05, 0.1) is 17.5 Å². The number of nitrogens with one attached hydrogen (secondary N) is 3. The van der Waals surface area contributed by atoms with E-state index < -0.39 is 5.82 Å². The van der Waals surface area contributed by atoms with Crippen molar-refractivity contribution in [1.29, 1.82) is 0 Å². The molecule has 1 heterocycles. The quantitative estimate of drug-likeness (QED) is 0.277. The van der Waals surface area contributed by atoms with Crippen LogP contribution in [0.3, 0.4) is 0 Å². The molecule has 5 rings (SSSR count). The zero-order valence-corrected chi connectivity index (χ0v) is 20.7. The highest BCUT2D eigenvalue weighted by molar-refractivity contribution is 6.03. The molecule has 0 bridgehead atoms. The lowest BCUT2D eigenvalue weighted by atomic mass is 9.54. The van der Waals surface area contributed by atoms with Crippen LogP contribution in [0.1, 0.15) is 38.5 Å². The Morgan fingerprint density at radius 1 is 1.05 bits per heavy atom. The molecular formula is C27H30FN5O4. The minimum absolute atomic E-state index is 0.198. The monoisotopic (exact) mass is 507 g/mol.